The van der Waals surface area contributed by atoms with Crippen molar-refractivity contribution in [1.82, 2.24) is 20.0 Å². The standard InChI is InChI=1S/C21H20N8O3.C4H8O/c1-29-16(9-22)13(10-24-29)12-4-3-5-14(19(12)32-2)25-15-8-17(26-21(31)11-6-7-11)27-28-18(15)20(23)30;1-2-4-5-3-1/h3-5,8,10-11H,6-7H2,1-2H3,(H2,23,30)(H2,25,26,27,31);1-4H2. The van der Waals surface area contributed by atoms with E-state index in [4.69, 9.17) is 15.2 Å². The van der Waals surface area contributed by atoms with Crippen molar-refractivity contribution in [1.29, 1.82) is 5.26 Å². The summed E-state index contributed by atoms with van der Waals surface area (Å²) in [5, 5.41) is 27.2. The first-order valence-corrected chi connectivity index (χ1v) is 11.9. The molecule has 2 fully saturated rings. The number of rotatable bonds is 7. The van der Waals surface area contributed by atoms with Gasteiger partial charge in [-0.1, -0.05) is 12.1 Å². The molecule has 12 heteroatoms. The molecule has 2 amide bonds. The van der Waals surface area contributed by atoms with Crippen LogP contribution in [0.2, 0.25) is 0 Å². The third-order valence-corrected chi connectivity index (χ3v) is 5.88. The number of aryl methyl sites for hydroxylation is 1. The predicted molar refractivity (Wildman–Crippen MR) is 135 cm³/mol. The fourth-order valence-corrected chi connectivity index (χ4v) is 3.79. The molecule has 192 valence electrons. The summed E-state index contributed by atoms with van der Waals surface area (Å²) in [5.74, 6) is -0.322. The number of hydrogen-bond donors (Lipinski definition) is 3. The summed E-state index contributed by atoms with van der Waals surface area (Å²) in [7, 11) is 3.17. The Balaban J connectivity index is 0.000000572. The quantitative estimate of drug-likeness (QED) is 0.438. The minimum Gasteiger partial charge on any atom is -0.494 e. The van der Waals surface area contributed by atoms with Crippen LogP contribution >= 0.6 is 0 Å². The van der Waals surface area contributed by atoms with Crippen molar-refractivity contribution in [3.8, 4) is 22.9 Å². The number of amides is 2. The molecular formula is C25H28N8O4. The van der Waals surface area contributed by atoms with Crippen molar-refractivity contribution < 1.29 is 19.1 Å². The zero-order valence-electron chi connectivity index (χ0n) is 20.7. The van der Waals surface area contributed by atoms with Crippen molar-refractivity contribution in [2.75, 3.05) is 31.0 Å². The van der Waals surface area contributed by atoms with E-state index in [0.29, 0.717) is 28.3 Å². The van der Waals surface area contributed by atoms with E-state index < -0.39 is 5.91 Å². The Morgan fingerprint density at radius 1 is 1.19 bits per heavy atom. The Morgan fingerprint density at radius 3 is 2.54 bits per heavy atom. The Kier molecular flexibility index (Phi) is 7.95. The van der Waals surface area contributed by atoms with Gasteiger partial charge in [-0.25, -0.2) is 0 Å². The molecule has 1 saturated carbocycles. The first-order chi connectivity index (χ1) is 17.9. The minimum absolute atomic E-state index is 0.0189. The van der Waals surface area contributed by atoms with Crippen LogP contribution in [-0.4, -0.2) is 52.1 Å². The first kappa shape index (κ1) is 25.6. The molecule has 5 rings (SSSR count). The number of aromatic nitrogens is 4. The van der Waals surface area contributed by atoms with Crippen LogP contribution in [0, 0.1) is 17.2 Å². The molecule has 0 unspecified atom stereocenters. The van der Waals surface area contributed by atoms with Crippen molar-refractivity contribution in [2.24, 2.45) is 18.7 Å². The number of benzene rings is 1. The number of ether oxygens (including phenoxy) is 2. The molecule has 1 aromatic carbocycles. The van der Waals surface area contributed by atoms with Crippen LogP contribution in [0.5, 0.6) is 5.75 Å². The van der Waals surface area contributed by atoms with Gasteiger partial charge in [0.05, 0.1) is 24.7 Å². The van der Waals surface area contributed by atoms with Crippen molar-refractivity contribution in [2.45, 2.75) is 25.7 Å². The first-order valence-electron chi connectivity index (χ1n) is 11.9. The summed E-state index contributed by atoms with van der Waals surface area (Å²) in [6.07, 6.45) is 5.81. The summed E-state index contributed by atoms with van der Waals surface area (Å²) in [6, 6.07) is 8.92. The SMILES string of the molecule is C1CCOC1.COc1c(Nc2cc(NC(=O)C3CC3)nnc2C(N)=O)cccc1-c1cnn(C)c1C#N. The lowest BCUT2D eigenvalue weighted by molar-refractivity contribution is -0.117. The van der Waals surface area contributed by atoms with E-state index >= 15 is 0 Å². The maximum Gasteiger partial charge on any atom is 0.271 e. The van der Waals surface area contributed by atoms with E-state index in [1.165, 1.54) is 30.7 Å². The van der Waals surface area contributed by atoms with Crippen molar-refractivity contribution in [3.05, 3.63) is 41.9 Å². The van der Waals surface area contributed by atoms with Gasteiger partial charge >= 0.3 is 0 Å². The van der Waals surface area contributed by atoms with E-state index in [-0.39, 0.29) is 29.0 Å². The fraction of sp³-hybridized carbons (Fsp3) is 0.360. The average molecular weight is 505 g/mol. The Bertz CT molecular complexity index is 1330. The van der Waals surface area contributed by atoms with Gasteiger partial charge in [-0.2, -0.15) is 10.4 Å². The lowest BCUT2D eigenvalue weighted by Gasteiger charge is -2.16. The lowest BCUT2D eigenvalue weighted by atomic mass is 10.0. The molecule has 3 heterocycles. The number of para-hydroxylation sites is 1. The van der Waals surface area contributed by atoms with Crippen LogP contribution in [0.25, 0.3) is 11.1 Å². The van der Waals surface area contributed by atoms with Crippen LogP contribution in [0.4, 0.5) is 17.2 Å². The predicted octanol–water partition coefficient (Wildman–Crippen LogP) is 2.75. The van der Waals surface area contributed by atoms with Crippen LogP contribution < -0.4 is 21.1 Å². The number of nitrogens with zero attached hydrogens (tertiary/aromatic N) is 5. The lowest BCUT2D eigenvalue weighted by Crippen LogP contribution is -2.19. The zero-order chi connectivity index (χ0) is 26.4. The molecule has 1 saturated heterocycles. The van der Waals surface area contributed by atoms with Gasteiger partial charge in [-0.15, -0.1) is 10.2 Å². The van der Waals surface area contributed by atoms with Crippen LogP contribution in [0.1, 0.15) is 41.9 Å². The molecule has 37 heavy (non-hydrogen) atoms. The van der Waals surface area contributed by atoms with Gasteiger partial charge in [-0.3, -0.25) is 14.3 Å². The molecule has 2 aliphatic rings. The number of nitriles is 1. The van der Waals surface area contributed by atoms with Gasteiger partial charge in [0, 0.05) is 43.4 Å². The molecule has 3 aromatic rings. The number of nitrogens with one attached hydrogen (secondary N) is 2. The molecule has 1 aliphatic carbocycles. The number of nitrogens with two attached hydrogens (primary N) is 1. The second-order valence-electron chi connectivity index (χ2n) is 8.59. The topological polar surface area (TPSA) is 170 Å². The van der Waals surface area contributed by atoms with E-state index in [1.54, 1.807) is 31.4 Å². The van der Waals surface area contributed by atoms with Gasteiger partial charge in [0.15, 0.2) is 11.5 Å². The largest absolute Gasteiger partial charge is 0.494 e. The Morgan fingerprint density at radius 2 is 1.95 bits per heavy atom. The maximum atomic E-state index is 12.1. The molecule has 0 bridgehead atoms. The monoisotopic (exact) mass is 504 g/mol. The van der Waals surface area contributed by atoms with Crippen LogP contribution in [-0.2, 0) is 16.6 Å². The normalized spacial score (nSPS) is 14.2. The Hall–Kier alpha value is -4.50. The molecule has 4 N–H and O–H groups in total. The van der Waals surface area contributed by atoms with Crippen molar-refractivity contribution in [3.63, 3.8) is 0 Å². The molecule has 0 radical (unpaired) electrons. The zero-order valence-corrected chi connectivity index (χ0v) is 20.7. The van der Waals surface area contributed by atoms with E-state index in [1.807, 2.05) is 0 Å². The molecule has 1 aliphatic heterocycles. The molecule has 0 spiro atoms. The number of anilines is 3. The van der Waals surface area contributed by atoms with Gasteiger partial charge in [0.25, 0.3) is 5.91 Å². The van der Waals surface area contributed by atoms with Gasteiger partial charge in [0.2, 0.25) is 5.91 Å². The number of carbonyl (C=O) groups excluding carboxylic acids is 2. The summed E-state index contributed by atoms with van der Waals surface area (Å²) in [4.78, 5) is 24.0. The smallest absolute Gasteiger partial charge is 0.271 e. The van der Waals surface area contributed by atoms with Crippen LogP contribution in [0.3, 0.4) is 0 Å². The number of methoxy groups -OCH3 is 1. The highest BCUT2D eigenvalue weighted by molar-refractivity contribution is 5.99. The fourth-order valence-electron chi connectivity index (χ4n) is 3.79. The van der Waals surface area contributed by atoms with E-state index in [9.17, 15) is 14.9 Å². The second-order valence-corrected chi connectivity index (χ2v) is 8.59. The molecule has 12 nitrogen and oxygen atoms in total. The maximum absolute atomic E-state index is 12.1. The highest BCUT2D eigenvalue weighted by Crippen LogP contribution is 2.39. The summed E-state index contributed by atoms with van der Waals surface area (Å²) >= 11 is 0. The second kappa shape index (κ2) is 11.5. The molecular weight excluding hydrogens is 476 g/mol. The van der Waals surface area contributed by atoms with E-state index in [0.717, 1.165) is 26.1 Å². The highest BCUT2D eigenvalue weighted by Gasteiger charge is 2.30. The van der Waals surface area contributed by atoms with Crippen LogP contribution in [0.15, 0.2) is 30.5 Å². The Labute approximate surface area is 213 Å². The van der Waals surface area contributed by atoms with Gasteiger partial charge in [-0.05, 0) is 31.7 Å². The summed E-state index contributed by atoms with van der Waals surface area (Å²) < 4.78 is 12.0. The number of primary amides is 1. The minimum atomic E-state index is -0.783. The van der Waals surface area contributed by atoms with E-state index in [2.05, 4.69) is 32.0 Å². The summed E-state index contributed by atoms with van der Waals surface area (Å²) in [6.45, 7) is 2.00. The number of hydrogen-bond acceptors (Lipinski definition) is 9. The molecule has 0 atom stereocenters. The average Bonchev–Trinajstić information content (AvgIpc) is 3.41. The van der Waals surface area contributed by atoms with Gasteiger partial charge in [0.1, 0.15) is 17.5 Å². The molecule has 2 aromatic heterocycles. The van der Waals surface area contributed by atoms with Gasteiger partial charge < -0.3 is 25.8 Å². The third-order valence-electron chi connectivity index (χ3n) is 5.88. The third kappa shape index (κ3) is 6.02. The van der Waals surface area contributed by atoms with Crippen molar-refractivity contribution >= 4 is 29.0 Å². The highest BCUT2D eigenvalue weighted by atomic mass is 16.5. The summed E-state index contributed by atoms with van der Waals surface area (Å²) in [5.41, 5.74) is 7.70. The number of carbonyl (C=O) groups is 2.